The van der Waals surface area contributed by atoms with Crippen LogP contribution in [0.15, 0.2) is 47.3 Å². The first-order chi connectivity index (χ1) is 16.8. The van der Waals surface area contributed by atoms with E-state index in [0.717, 1.165) is 24.8 Å². The van der Waals surface area contributed by atoms with Gasteiger partial charge in [-0.2, -0.15) is 5.10 Å². The van der Waals surface area contributed by atoms with Crippen molar-refractivity contribution in [2.24, 2.45) is 5.92 Å². The van der Waals surface area contributed by atoms with Crippen molar-refractivity contribution >= 4 is 22.6 Å². The van der Waals surface area contributed by atoms with E-state index in [4.69, 9.17) is 0 Å². The van der Waals surface area contributed by atoms with Gasteiger partial charge in [0.15, 0.2) is 0 Å². The summed E-state index contributed by atoms with van der Waals surface area (Å²) in [6, 6.07) is 11.6. The first-order valence-corrected chi connectivity index (χ1v) is 11.8. The summed E-state index contributed by atoms with van der Waals surface area (Å²) in [5, 5.41) is 7.92. The minimum atomic E-state index is -0.597. The lowest BCUT2D eigenvalue weighted by atomic mass is 9.96. The zero-order chi connectivity index (χ0) is 24.7. The molecule has 2 fully saturated rings. The average Bonchev–Trinajstić information content (AvgIpc) is 3.32. The Bertz CT molecular complexity index is 1350. The lowest BCUT2D eigenvalue weighted by Gasteiger charge is -2.42. The summed E-state index contributed by atoms with van der Waals surface area (Å²) in [6.07, 6.45) is 2.35. The van der Waals surface area contributed by atoms with Crippen molar-refractivity contribution in [3.63, 3.8) is 0 Å². The average molecular weight is 478 g/mol. The molecule has 2 amide bonds. The van der Waals surface area contributed by atoms with Crippen LogP contribution in [0.2, 0.25) is 0 Å². The third-order valence-electron chi connectivity index (χ3n) is 7.03. The number of aromatic nitrogens is 2. The molecule has 5 rings (SSSR count). The number of H-pyrrole nitrogens is 1. The standard InChI is InChI=1S/C26H28FN5O3/c1-30(2)23-8-5-11-32(23)25(34)17-14-31(15-17)26(35)20-12-16(9-10-21(20)27)13-22-18-6-3-4-7-19(18)24(33)29-28-22/h3-4,6-7,9-10,12,17,23H,5,8,11,13-15H2,1-2H3,(H,29,33)/t23-/m1/s1. The van der Waals surface area contributed by atoms with Gasteiger partial charge in [0.2, 0.25) is 5.91 Å². The van der Waals surface area contributed by atoms with Crippen LogP contribution in [0.5, 0.6) is 0 Å². The fourth-order valence-electron chi connectivity index (χ4n) is 5.09. The van der Waals surface area contributed by atoms with Crippen LogP contribution in [-0.2, 0) is 11.2 Å². The molecule has 2 aromatic carbocycles. The summed E-state index contributed by atoms with van der Waals surface area (Å²) in [4.78, 5) is 43.5. The summed E-state index contributed by atoms with van der Waals surface area (Å²) in [7, 11) is 3.93. The lowest BCUT2D eigenvalue weighted by molar-refractivity contribution is -0.143. The third kappa shape index (κ3) is 4.32. The van der Waals surface area contributed by atoms with Crippen molar-refractivity contribution in [2.75, 3.05) is 33.7 Å². The van der Waals surface area contributed by atoms with E-state index < -0.39 is 11.7 Å². The highest BCUT2D eigenvalue weighted by Crippen LogP contribution is 2.27. The minimum absolute atomic E-state index is 0.0190. The van der Waals surface area contributed by atoms with Gasteiger partial charge in [0.05, 0.1) is 28.7 Å². The SMILES string of the molecule is CN(C)[C@H]1CCCN1C(=O)C1CN(C(=O)c2cc(Cc3n[nH]c(=O)c4ccccc34)ccc2F)C1. The molecule has 1 aromatic heterocycles. The van der Waals surface area contributed by atoms with E-state index in [9.17, 15) is 18.8 Å². The Balaban J connectivity index is 1.30. The number of aromatic amines is 1. The van der Waals surface area contributed by atoms with E-state index in [1.165, 1.54) is 17.0 Å². The molecule has 9 heteroatoms. The maximum Gasteiger partial charge on any atom is 0.272 e. The molecule has 0 spiro atoms. The maximum absolute atomic E-state index is 14.6. The molecule has 2 aliphatic rings. The van der Waals surface area contributed by atoms with Crippen molar-refractivity contribution in [3.05, 3.63) is 75.5 Å². The Kier molecular flexibility index (Phi) is 6.10. The van der Waals surface area contributed by atoms with Crippen LogP contribution in [0.3, 0.4) is 0 Å². The Morgan fingerprint density at radius 1 is 1.14 bits per heavy atom. The van der Waals surface area contributed by atoms with E-state index in [0.29, 0.717) is 36.2 Å². The van der Waals surface area contributed by atoms with Crippen LogP contribution >= 0.6 is 0 Å². The van der Waals surface area contributed by atoms with E-state index >= 15 is 0 Å². The summed E-state index contributed by atoms with van der Waals surface area (Å²) in [5.41, 5.74) is 1.06. The molecule has 0 unspecified atom stereocenters. The van der Waals surface area contributed by atoms with E-state index in [1.54, 1.807) is 18.2 Å². The molecule has 1 atom stereocenters. The number of fused-ring (bicyclic) bond motifs is 1. The second-order valence-corrected chi connectivity index (χ2v) is 9.56. The molecule has 3 aromatic rings. The smallest absolute Gasteiger partial charge is 0.272 e. The number of benzene rings is 2. The number of hydrogen-bond donors (Lipinski definition) is 1. The van der Waals surface area contributed by atoms with E-state index in [2.05, 4.69) is 10.2 Å². The summed E-state index contributed by atoms with van der Waals surface area (Å²) < 4.78 is 14.6. The quantitative estimate of drug-likeness (QED) is 0.609. The molecular weight excluding hydrogens is 449 g/mol. The number of nitrogens with one attached hydrogen (secondary N) is 1. The number of carbonyl (C=O) groups excluding carboxylic acids is 2. The summed E-state index contributed by atoms with van der Waals surface area (Å²) >= 11 is 0. The van der Waals surface area contributed by atoms with Gasteiger partial charge in [0.25, 0.3) is 11.5 Å². The number of carbonyl (C=O) groups is 2. The van der Waals surface area contributed by atoms with Gasteiger partial charge >= 0.3 is 0 Å². The van der Waals surface area contributed by atoms with Crippen LogP contribution in [0, 0.1) is 11.7 Å². The lowest BCUT2D eigenvalue weighted by Crippen LogP contribution is -2.58. The maximum atomic E-state index is 14.6. The summed E-state index contributed by atoms with van der Waals surface area (Å²) in [5.74, 6) is -1.20. The van der Waals surface area contributed by atoms with Crippen LogP contribution in [-0.4, -0.2) is 76.6 Å². The monoisotopic (exact) mass is 477 g/mol. The second-order valence-electron chi connectivity index (χ2n) is 9.56. The van der Waals surface area contributed by atoms with Crippen LogP contribution in [0.4, 0.5) is 4.39 Å². The number of rotatable bonds is 5. The highest BCUT2D eigenvalue weighted by Gasteiger charge is 2.42. The molecule has 8 nitrogen and oxygen atoms in total. The first-order valence-electron chi connectivity index (χ1n) is 11.8. The highest BCUT2D eigenvalue weighted by atomic mass is 19.1. The molecule has 0 bridgehead atoms. The number of hydrogen-bond acceptors (Lipinski definition) is 5. The van der Waals surface area contributed by atoms with Crippen molar-refractivity contribution in [1.82, 2.24) is 24.9 Å². The fraction of sp³-hybridized carbons (Fsp3) is 0.385. The molecule has 35 heavy (non-hydrogen) atoms. The largest absolute Gasteiger partial charge is 0.337 e. The van der Waals surface area contributed by atoms with Crippen molar-refractivity contribution < 1.29 is 14.0 Å². The fourth-order valence-corrected chi connectivity index (χ4v) is 5.09. The Hall–Kier alpha value is -3.59. The molecule has 0 saturated carbocycles. The zero-order valence-corrected chi connectivity index (χ0v) is 19.8. The highest BCUT2D eigenvalue weighted by molar-refractivity contribution is 5.96. The van der Waals surface area contributed by atoms with E-state index in [1.807, 2.05) is 36.0 Å². The molecule has 0 radical (unpaired) electrons. The number of halogens is 1. The Morgan fingerprint density at radius 3 is 2.63 bits per heavy atom. The number of amides is 2. The van der Waals surface area contributed by atoms with Gasteiger partial charge in [0, 0.05) is 31.4 Å². The van der Waals surface area contributed by atoms with Crippen molar-refractivity contribution in [1.29, 1.82) is 0 Å². The second kappa shape index (κ2) is 9.22. The van der Waals surface area contributed by atoms with Crippen molar-refractivity contribution in [2.45, 2.75) is 25.4 Å². The number of nitrogens with zero attached hydrogens (tertiary/aromatic N) is 4. The summed E-state index contributed by atoms with van der Waals surface area (Å²) in [6.45, 7) is 1.32. The zero-order valence-electron chi connectivity index (χ0n) is 19.8. The minimum Gasteiger partial charge on any atom is -0.337 e. The van der Waals surface area contributed by atoms with E-state index in [-0.39, 0.29) is 29.1 Å². The third-order valence-corrected chi connectivity index (χ3v) is 7.03. The van der Waals surface area contributed by atoms with Gasteiger partial charge in [0.1, 0.15) is 5.82 Å². The van der Waals surface area contributed by atoms with Gasteiger partial charge < -0.3 is 9.80 Å². The molecule has 3 heterocycles. The molecule has 1 N–H and O–H groups in total. The Labute approximate surface area is 202 Å². The first kappa shape index (κ1) is 23.2. The molecule has 182 valence electrons. The van der Waals surface area contributed by atoms with Crippen LogP contribution in [0.1, 0.15) is 34.5 Å². The van der Waals surface area contributed by atoms with Crippen LogP contribution < -0.4 is 5.56 Å². The van der Waals surface area contributed by atoms with Gasteiger partial charge in [-0.3, -0.25) is 19.3 Å². The van der Waals surface area contributed by atoms with Gasteiger partial charge in [-0.05, 0) is 50.7 Å². The normalized spacial score (nSPS) is 18.3. The molecule has 2 saturated heterocycles. The molecule has 0 aliphatic carbocycles. The predicted octanol–water partition coefficient (Wildman–Crippen LogP) is 2.24. The number of likely N-dealkylation sites (tertiary alicyclic amines) is 2. The van der Waals surface area contributed by atoms with Gasteiger partial charge in [-0.1, -0.05) is 24.3 Å². The topological polar surface area (TPSA) is 89.6 Å². The Morgan fingerprint density at radius 2 is 1.89 bits per heavy atom. The van der Waals surface area contributed by atoms with Gasteiger partial charge in [-0.15, -0.1) is 0 Å². The van der Waals surface area contributed by atoms with Crippen molar-refractivity contribution in [3.8, 4) is 0 Å². The molecule has 2 aliphatic heterocycles. The van der Waals surface area contributed by atoms with Gasteiger partial charge in [-0.25, -0.2) is 9.49 Å². The van der Waals surface area contributed by atoms with Crippen LogP contribution in [0.25, 0.3) is 10.8 Å². The molecular formula is C26H28FN5O3. The predicted molar refractivity (Wildman–Crippen MR) is 129 cm³/mol.